The largest absolute Gasteiger partial charge is 0.330 e. The fraction of sp³-hybridized carbons (Fsp3) is 0.350. The van der Waals surface area contributed by atoms with E-state index in [1.165, 1.54) is 17.4 Å². The van der Waals surface area contributed by atoms with Crippen molar-refractivity contribution in [3.63, 3.8) is 0 Å². The molecule has 0 saturated heterocycles. The molecule has 0 aliphatic rings. The van der Waals surface area contributed by atoms with Gasteiger partial charge in [0.05, 0.1) is 5.69 Å². The molecule has 2 rings (SSSR count). The summed E-state index contributed by atoms with van der Waals surface area (Å²) in [5.41, 5.74) is 1.81. The quantitative estimate of drug-likeness (QED) is 0.673. The summed E-state index contributed by atoms with van der Waals surface area (Å²) < 4.78 is 0. The van der Waals surface area contributed by atoms with E-state index in [0.717, 1.165) is 24.2 Å². The summed E-state index contributed by atoms with van der Waals surface area (Å²) in [7, 11) is 3.97. The van der Waals surface area contributed by atoms with Crippen LogP contribution >= 0.6 is 11.3 Å². The molecule has 1 aromatic heterocycles. The maximum Gasteiger partial charge on any atom is 0.247 e. The number of benzene rings is 1. The van der Waals surface area contributed by atoms with E-state index < -0.39 is 0 Å². The standard InChI is InChI=1S/C20H26N4O2S/c1-16-15-27-20(21-16)22-18(25)14-24(13-7-12-23(2)3)19(26)11-10-17-8-5-4-6-9-17/h4-6,8-11,15H,7,12-14H2,1-3H3,(H,21,22,25)/b11-10+. The summed E-state index contributed by atoms with van der Waals surface area (Å²) in [6, 6.07) is 9.62. The molecule has 0 aliphatic carbocycles. The predicted molar refractivity (Wildman–Crippen MR) is 111 cm³/mol. The third-order valence-electron chi connectivity index (χ3n) is 3.76. The summed E-state index contributed by atoms with van der Waals surface area (Å²) in [6.45, 7) is 3.24. The average molecular weight is 387 g/mol. The van der Waals surface area contributed by atoms with Crippen LogP contribution in [0.3, 0.4) is 0 Å². The van der Waals surface area contributed by atoms with E-state index in [9.17, 15) is 9.59 Å². The van der Waals surface area contributed by atoms with E-state index >= 15 is 0 Å². The van der Waals surface area contributed by atoms with Crippen LogP contribution in [0.1, 0.15) is 17.7 Å². The van der Waals surface area contributed by atoms with Crippen molar-refractivity contribution in [1.29, 1.82) is 0 Å². The molecule has 0 radical (unpaired) electrons. The Balaban J connectivity index is 1.99. The molecule has 0 saturated carbocycles. The van der Waals surface area contributed by atoms with Crippen LogP contribution in [0, 0.1) is 6.92 Å². The highest BCUT2D eigenvalue weighted by Gasteiger charge is 2.16. The maximum absolute atomic E-state index is 12.6. The Labute approximate surface area is 164 Å². The van der Waals surface area contributed by atoms with Gasteiger partial charge in [0.25, 0.3) is 0 Å². The molecular formula is C20H26N4O2S. The second-order valence-corrected chi connectivity index (χ2v) is 7.36. The summed E-state index contributed by atoms with van der Waals surface area (Å²) in [5.74, 6) is -0.418. The topological polar surface area (TPSA) is 65.5 Å². The molecular weight excluding hydrogens is 360 g/mol. The van der Waals surface area contributed by atoms with E-state index in [4.69, 9.17) is 0 Å². The molecule has 0 bridgehead atoms. The monoisotopic (exact) mass is 386 g/mol. The number of aryl methyl sites for hydroxylation is 1. The molecule has 0 aliphatic heterocycles. The van der Waals surface area contributed by atoms with E-state index in [0.29, 0.717) is 11.7 Å². The van der Waals surface area contributed by atoms with Crippen LogP contribution in [-0.2, 0) is 9.59 Å². The summed E-state index contributed by atoms with van der Waals surface area (Å²) >= 11 is 1.38. The van der Waals surface area contributed by atoms with Crippen molar-refractivity contribution in [3.05, 3.63) is 53.0 Å². The van der Waals surface area contributed by atoms with Gasteiger partial charge < -0.3 is 15.1 Å². The summed E-state index contributed by atoms with van der Waals surface area (Å²) in [5, 5.41) is 5.19. The van der Waals surface area contributed by atoms with Crippen molar-refractivity contribution in [1.82, 2.24) is 14.8 Å². The van der Waals surface area contributed by atoms with E-state index in [-0.39, 0.29) is 18.4 Å². The van der Waals surface area contributed by atoms with Crippen LogP contribution in [0.5, 0.6) is 0 Å². The molecule has 27 heavy (non-hydrogen) atoms. The van der Waals surface area contributed by atoms with Crippen LogP contribution in [0.25, 0.3) is 6.08 Å². The number of rotatable bonds is 9. The number of carbonyl (C=O) groups is 2. The van der Waals surface area contributed by atoms with Gasteiger partial charge >= 0.3 is 0 Å². The van der Waals surface area contributed by atoms with Crippen molar-refractivity contribution in [2.24, 2.45) is 0 Å². The smallest absolute Gasteiger partial charge is 0.247 e. The van der Waals surface area contributed by atoms with Crippen LogP contribution in [-0.4, -0.2) is 60.3 Å². The van der Waals surface area contributed by atoms with Crippen molar-refractivity contribution in [2.75, 3.05) is 39.0 Å². The number of amides is 2. The zero-order valence-electron chi connectivity index (χ0n) is 16.0. The molecule has 1 heterocycles. The van der Waals surface area contributed by atoms with Gasteiger partial charge in [0.1, 0.15) is 6.54 Å². The molecule has 1 aromatic carbocycles. The second-order valence-electron chi connectivity index (χ2n) is 6.50. The van der Waals surface area contributed by atoms with Gasteiger partial charge in [-0.15, -0.1) is 11.3 Å². The van der Waals surface area contributed by atoms with Crippen LogP contribution in [0.15, 0.2) is 41.8 Å². The van der Waals surface area contributed by atoms with E-state index in [1.807, 2.05) is 56.7 Å². The predicted octanol–water partition coefficient (Wildman–Crippen LogP) is 2.88. The number of anilines is 1. The zero-order valence-corrected chi connectivity index (χ0v) is 16.8. The minimum absolute atomic E-state index is 0.00399. The molecule has 0 unspecified atom stereocenters. The van der Waals surface area contributed by atoms with Gasteiger partial charge in [0.15, 0.2) is 5.13 Å². The number of nitrogens with zero attached hydrogens (tertiary/aromatic N) is 3. The normalized spacial score (nSPS) is 11.1. The van der Waals surface area contributed by atoms with Crippen molar-refractivity contribution in [2.45, 2.75) is 13.3 Å². The molecule has 1 N–H and O–H groups in total. The second kappa shape index (κ2) is 10.6. The van der Waals surface area contributed by atoms with Crippen molar-refractivity contribution >= 4 is 34.4 Å². The van der Waals surface area contributed by atoms with Crippen molar-refractivity contribution in [3.8, 4) is 0 Å². The minimum atomic E-state index is -0.240. The first-order valence-corrected chi connectivity index (χ1v) is 9.71. The third kappa shape index (κ3) is 7.72. The number of nitrogens with one attached hydrogen (secondary N) is 1. The molecule has 0 spiro atoms. The van der Waals surface area contributed by atoms with Gasteiger partial charge in [-0.3, -0.25) is 9.59 Å². The van der Waals surface area contributed by atoms with Gasteiger partial charge in [-0.05, 0) is 45.6 Å². The zero-order chi connectivity index (χ0) is 19.6. The lowest BCUT2D eigenvalue weighted by atomic mass is 10.2. The number of hydrogen-bond donors (Lipinski definition) is 1. The first-order valence-electron chi connectivity index (χ1n) is 8.83. The van der Waals surface area contributed by atoms with Crippen molar-refractivity contribution < 1.29 is 9.59 Å². The van der Waals surface area contributed by atoms with Gasteiger partial charge in [-0.25, -0.2) is 4.98 Å². The number of aromatic nitrogens is 1. The van der Waals surface area contributed by atoms with Gasteiger partial charge in [0, 0.05) is 18.0 Å². The Morgan fingerprint density at radius 2 is 1.93 bits per heavy atom. The van der Waals surface area contributed by atoms with E-state index in [2.05, 4.69) is 15.2 Å². The lowest BCUT2D eigenvalue weighted by Gasteiger charge is -2.21. The Hall–Kier alpha value is -2.51. The lowest BCUT2D eigenvalue weighted by Crippen LogP contribution is -2.38. The average Bonchev–Trinajstić information content (AvgIpc) is 3.04. The number of carbonyl (C=O) groups excluding carboxylic acids is 2. The van der Waals surface area contributed by atoms with E-state index in [1.54, 1.807) is 11.0 Å². The number of hydrogen-bond acceptors (Lipinski definition) is 5. The van der Waals surface area contributed by atoms with Crippen LogP contribution in [0.4, 0.5) is 5.13 Å². The Bertz CT molecular complexity index is 771. The first-order chi connectivity index (χ1) is 12.9. The summed E-state index contributed by atoms with van der Waals surface area (Å²) in [4.78, 5) is 32.8. The molecule has 2 amide bonds. The Kier molecular flexibility index (Phi) is 8.16. The van der Waals surface area contributed by atoms with Crippen LogP contribution in [0.2, 0.25) is 0 Å². The van der Waals surface area contributed by atoms with Crippen LogP contribution < -0.4 is 5.32 Å². The highest BCUT2D eigenvalue weighted by molar-refractivity contribution is 7.13. The summed E-state index contributed by atoms with van der Waals surface area (Å²) in [6.07, 6.45) is 4.08. The molecule has 0 atom stereocenters. The molecule has 144 valence electrons. The van der Waals surface area contributed by atoms with Gasteiger partial charge in [-0.1, -0.05) is 30.3 Å². The molecule has 6 nitrogen and oxygen atoms in total. The Morgan fingerprint density at radius 1 is 1.19 bits per heavy atom. The maximum atomic E-state index is 12.6. The SMILES string of the molecule is Cc1csc(NC(=O)CN(CCCN(C)C)C(=O)/C=C/c2ccccc2)n1. The highest BCUT2D eigenvalue weighted by Crippen LogP contribution is 2.14. The fourth-order valence-corrected chi connectivity index (χ4v) is 3.13. The highest BCUT2D eigenvalue weighted by atomic mass is 32.1. The lowest BCUT2D eigenvalue weighted by molar-refractivity contribution is -0.130. The molecule has 0 fully saturated rings. The van der Waals surface area contributed by atoms with Gasteiger partial charge in [-0.2, -0.15) is 0 Å². The van der Waals surface area contributed by atoms with Gasteiger partial charge in [0.2, 0.25) is 11.8 Å². The molecule has 7 heteroatoms. The third-order valence-corrected chi connectivity index (χ3v) is 4.64. The number of thiazole rings is 1. The first kappa shape index (κ1) is 20.8. The Morgan fingerprint density at radius 3 is 2.56 bits per heavy atom. The molecule has 2 aromatic rings. The fourth-order valence-electron chi connectivity index (χ4n) is 2.43. The minimum Gasteiger partial charge on any atom is -0.330 e.